The molecule has 2 aromatic heterocycles. The van der Waals surface area contributed by atoms with Gasteiger partial charge in [0.1, 0.15) is 5.82 Å². The highest BCUT2D eigenvalue weighted by Crippen LogP contribution is 2.26. The first-order valence-corrected chi connectivity index (χ1v) is 6.36. The molecular weight excluding hydrogens is 308 g/mol. The summed E-state index contributed by atoms with van der Waals surface area (Å²) in [4.78, 5) is 10.2. The van der Waals surface area contributed by atoms with Crippen LogP contribution in [0.15, 0.2) is 15.9 Å². The minimum absolute atomic E-state index is 0.126. The van der Waals surface area contributed by atoms with Gasteiger partial charge in [-0.1, -0.05) is 11.3 Å². The van der Waals surface area contributed by atoms with Gasteiger partial charge in [-0.3, -0.25) is 10.1 Å². The van der Waals surface area contributed by atoms with Crippen molar-refractivity contribution < 1.29 is 4.92 Å². The van der Waals surface area contributed by atoms with Crippen molar-refractivity contribution in [2.24, 2.45) is 0 Å². The highest BCUT2D eigenvalue weighted by Gasteiger charge is 2.13. The van der Waals surface area contributed by atoms with Gasteiger partial charge in [-0.15, -0.1) is 0 Å². The monoisotopic (exact) mass is 316 g/mol. The molecule has 0 saturated carbocycles. The van der Waals surface area contributed by atoms with Gasteiger partial charge in [0.05, 0.1) is 21.6 Å². The van der Waals surface area contributed by atoms with Crippen molar-refractivity contribution >= 4 is 38.1 Å². The van der Waals surface area contributed by atoms with Crippen LogP contribution in [0.25, 0.3) is 0 Å². The molecule has 0 amide bonds. The molecule has 17 heavy (non-hydrogen) atoms. The average molecular weight is 317 g/mol. The molecule has 2 N–H and O–H groups in total. The molecule has 0 bridgehead atoms. The van der Waals surface area contributed by atoms with Crippen molar-refractivity contribution in [1.29, 1.82) is 0 Å². The van der Waals surface area contributed by atoms with E-state index in [4.69, 9.17) is 5.73 Å². The van der Waals surface area contributed by atoms with Crippen LogP contribution in [0.1, 0.15) is 11.3 Å². The Morgan fingerprint density at radius 2 is 2.41 bits per heavy atom. The third-order valence-corrected chi connectivity index (χ3v) is 4.15. The van der Waals surface area contributed by atoms with E-state index in [-0.39, 0.29) is 5.00 Å². The summed E-state index contributed by atoms with van der Waals surface area (Å²) >= 11 is 4.43. The number of rotatable bonds is 3. The minimum atomic E-state index is -0.401. The Hall–Kier alpha value is -1.41. The number of nitro groups is 1. The van der Waals surface area contributed by atoms with Gasteiger partial charge >= 0.3 is 5.00 Å². The van der Waals surface area contributed by atoms with Crippen molar-refractivity contribution in [2.75, 3.05) is 5.73 Å². The number of hydrogen-bond donors (Lipinski definition) is 1. The van der Waals surface area contributed by atoms with Crippen molar-refractivity contribution in [3.63, 3.8) is 0 Å². The number of nitrogen functional groups attached to an aromatic ring is 1. The van der Waals surface area contributed by atoms with Crippen LogP contribution >= 0.6 is 27.3 Å². The van der Waals surface area contributed by atoms with Gasteiger partial charge in [0.15, 0.2) is 0 Å². The SMILES string of the molecule is Cc1nn(Cc2csc([N+](=O)[O-])c2)c(N)c1Br. The molecule has 0 fully saturated rings. The summed E-state index contributed by atoms with van der Waals surface area (Å²) < 4.78 is 2.38. The molecular formula is C9H9BrN4O2S. The normalized spacial score (nSPS) is 10.7. The number of anilines is 1. The maximum atomic E-state index is 10.6. The zero-order valence-electron chi connectivity index (χ0n) is 8.88. The van der Waals surface area contributed by atoms with Gasteiger partial charge in [-0.05, 0) is 28.4 Å². The standard InChI is InChI=1S/C9H9BrN4O2S/c1-5-8(10)9(11)13(12-5)3-6-2-7(14(15)16)17-4-6/h2,4H,3,11H2,1H3. The second-order valence-corrected chi connectivity index (χ2v) is 5.18. The topological polar surface area (TPSA) is 87.0 Å². The fourth-order valence-corrected chi connectivity index (χ4v) is 2.42. The summed E-state index contributed by atoms with van der Waals surface area (Å²) in [6.07, 6.45) is 0. The Balaban J connectivity index is 2.25. The van der Waals surface area contributed by atoms with Crippen LogP contribution in [0.4, 0.5) is 10.8 Å². The maximum Gasteiger partial charge on any atom is 0.324 e. The predicted molar refractivity (Wildman–Crippen MR) is 69.2 cm³/mol. The van der Waals surface area contributed by atoms with E-state index in [0.717, 1.165) is 27.1 Å². The zero-order chi connectivity index (χ0) is 12.6. The van der Waals surface area contributed by atoms with Gasteiger partial charge in [0.25, 0.3) is 0 Å². The first-order valence-electron chi connectivity index (χ1n) is 4.69. The molecule has 8 heteroatoms. The molecule has 2 heterocycles. The number of halogens is 1. The van der Waals surface area contributed by atoms with E-state index in [1.54, 1.807) is 10.1 Å². The van der Waals surface area contributed by atoms with Crippen LogP contribution in [-0.2, 0) is 6.54 Å². The number of aromatic nitrogens is 2. The Bertz CT molecular complexity index is 578. The summed E-state index contributed by atoms with van der Waals surface area (Å²) in [5.41, 5.74) is 7.46. The maximum absolute atomic E-state index is 10.6. The molecule has 0 saturated heterocycles. The van der Waals surface area contributed by atoms with Gasteiger partial charge in [-0.2, -0.15) is 5.10 Å². The predicted octanol–water partition coefficient (Wildman–Crippen LogP) is 2.55. The van der Waals surface area contributed by atoms with Gasteiger partial charge in [0.2, 0.25) is 0 Å². The number of thiophene rings is 1. The van der Waals surface area contributed by atoms with E-state index in [2.05, 4.69) is 21.0 Å². The largest absolute Gasteiger partial charge is 0.383 e. The Labute approximate surface area is 109 Å². The van der Waals surface area contributed by atoms with Gasteiger partial charge in [-0.25, -0.2) is 4.68 Å². The molecule has 90 valence electrons. The smallest absolute Gasteiger partial charge is 0.324 e. The summed E-state index contributed by atoms with van der Waals surface area (Å²) in [5, 5.41) is 16.7. The van der Waals surface area contributed by atoms with E-state index in [9.17, 15) is 10.1 Å². The lowest BCUT2D eigenvalue weighted by molar-refractivity contribution is -0.380. The Morgan fingerprint density at radius 3 is 2.88 bits per heavy atom. The van der Waals surface area contributed by atoms with Gasteiger partial charge in [0, 0.05) is 11.4 Å². The lowest BCUT2D eigenvalue weighted by Gasteiger charge is -2.00. The van der Waals surface area contributed by atoms with E-state index >= 15 is 0 Å². The molecule has 0 atom stereocenters. The third-order valence-electron chi connectivity index (χ3n) is 2.24. The number of nitrogens with zero attached hydrogens (tertiary/aromatic N) is 3. The van der Waals surface area contributed by atoms with Crippen molar-refractivity contribution in [3.8, 4) is 0 Å². The quantitative estimate of drug-likeness (QED) is 0.696. The summed E-state index contributed by atoms with van der Waals surface area (Å²) in [6.45, 7) is 2.27. The van der Waals surface area contributed by atoms with E-state index in [0.29, 0.717) is 12.4 Å². The fraction of sp³-hybridized carbons (Fsp3) is 0.222. The number of aryl methyl sites for hydroxylation is 1. The summed E-state index contributed by atoms with van der Waals surface area (Å²) in [5.74, 6) is 0.524. The highest BCUT2D eigenvalue weighted by atomic mass is 79.9. The minimum Gasteiger partial charge on any atom is -0.383 e. The summed E-state index contributed by atoms with van der Waals surface area (Å²) in [6, 6.07) is 1.54. The molecule has 2 rings (SSSR count). The molecule has 2 aromatic rings. The second kappa shape index (κ2) is 4.46. The van der Waals surface area contributed by atoms with Crippen LogP contribution in [0.2, 0.25) is 0 Å². The van der Waals surface area contributed by atoms with Crippen molar-refractivity contribution in [3.05, 3.63) is 37.3 Å². The zero-order valence-corrected chi connectivity index (χ0v) is 11.3. The Kier molecular flexibility index (Phi) is 3.16. The van der Waals surface area contributed by atoms with E-state index in [1.807, 2.05) is 6.92 Å². The number of nitrogens with two attached hydrogens (primary N) is 1. The molecule has 0 aliphatic carbocycles. The van der Waals surface area contributed by atoms with Crippen molar-refractivity contribution in [1.82, 2.24) is 9.78 Å². The molecule has 6 nitrogen and oxygen atoms in total. The second-order valence-electron chi connectivity index (χ2n) is 3.49. The molecule has 0 aliphatic heterocycles. The van der Waals surface area contributed by atoms with Gasteiger partial charge < -0.3 is 5.73 Å². The van der Waals surface area contributed by atoms with Crippen LogP contribution in [0.3, 0.4) is 0 Å². The molecule has 0 radical (unpaired) electrons. The molecule has 0 spiro atoms. The highest BCUT2D eigenvalue weighted by molar-refractivity contribution is 9.10. The lowest BCUT2D eigenvalue weighted by atomic mass is 10.3. The average Bonchev–Trinajstić information content (AvgIpc) is 2.82. The Morgan fingerprint density at radius 1 is 1.71 bits per heavy atom. The van der Waals surface area contributed by atoms with Crippen LogP contribution in [0, 0.1) is 17.0 Å². The van der Waals surface area contributed by atoms with E-state index < -0.39 is 4.92 Å². The first-order chi connectivity index (χ1) is 7.99. The molecule has 0 aliphatic rings. The molecule has 0 aromatic carbocycles. The third kappa shape index (κ3) is 2.32. The van der Waals surface area contributed by atoms with Crippen LogP contribution in [-0.4, -0.2) is 14.7 Å². The first kappa shape index (κ1) is 12.1. The van der Waals surface area contributed by atoms with Crippen molar-refractivity contribution in [2.45, 2.75) is 13.5 Å². The fourth-order valence-electron chi connectivity index (χ4n) is 1.41. The van der Waals surface area contributed by atoms with Crippen LogP contribution in [0.5, 0.6) is 0 Å². The van der Waals surface area contributed by atoms with E-state index in [1.165, 1.54) is 6.07 Å². The lowest BCUT2D eigenvalue weighted by Crippen LogP contribution is -2.05. The van der Waals surface area contributed by atoms with Crippen LogP contribution < -0.4 is 5.73 Å². The number of hydrogen-bond acceptors (Lipinski definition) is 5. The molecule has 0 unspecified atom stereocenters. The summed E-state index contributed by atoms with van der Waals surface area (Å²) in [7, 11) is 0.